The van der Waals surface area contributed by atoms with Crippen LogP contribution in [0.2, 0.25) is 0 Å². The summed E-state index contributed by atoms with van der Waals surface area (Å²) in [5.41, 5.74) is 1.97. The molecule has 0 spiro atoms. The minimum absolute atomic E-state index is 0.275. The molecule has 0 radical (unpaired) electrons. The van der Waals surface area contributed by atoms with Gasteiger partial charge in [0, 0.05) is 31.3 Å². The van der Waals surface area contributed by atoms with Gasteiger partial charge < -0.3 is 4.90 Å². The Bertz CT molecular complexity index is 378. The monoisotopic (exact) mass is 217 g/mol. The molecule has 0 heterocycles. The van der Waals surface area contributed by atoms with Crippen LogP contribution < -0.4 is 4.90 Å². The maximum absolute atomic E-state index is 12.2. The van der Waals surface area contributed by atoms with Crippen LogP contribution in [0, 0.1) is 5.92 Å². The highest BCUT2D eigenvalue weighted by Crippen LogP contribution is 2.28. The van der Waals surface area contributed by atoms with Crippen molar-refractivity contribution < 1.29 is 4.79 Å². The molecule has 2 heteroatoms. The number of anilines is 1. The molecule has 0 saturated heterocycles. The fourth-order valence-electron chi connectivity index (χ4n) is 2.36. The van der Waals surface area contributed by atoms with Gasteiger partial charge in [-0.1, -0.05) is 25.0 Å². The summed E-state index contributed by atoms with van der Waals surface area (Å²) in [6.45, 7) is 0. The summed E-state index contributed by atoms with van der Waals surface area (Å²) in [5.74, 6) is 0.610. The number of carbonyl (C=O) groups is 1. The zero-order valence-corrected chi connectivity index (χ0v) is 10.1. The van der Waals surface area contributed by atoms with Gasteiger partial charge in [0.25, 0.3) is 0 Å². The molecule has 16 heavy (non-hydrogen) atoms. The fraction of sp³-hybridized carbons (Fsp3) is 0.500. The third kappa shape index (κ3) is 2.26. The normalized spacial score (nSPS) is 16.4. The minimum atomic E-state index is 0.275. The maximum atomic E-state index is 12.2. The number of carbonyl (C=O) groups excluding carboxylic acids is 1. The van der Waals surface area contributed by atoms with Crippen molar-refractivity contribution in [2.75, 3.05) is 19.0 Å². The molecule has 0 bridgehead atoms. The lowest BCUT2D eigenvalue weighted by atomic mass is 9.96. The second kappa shape index (κ2) is 4.69. The third-order valence-corrected chi connectivity index (χ3v) is 3.37. The molecule has 0 amide bonds. The SMILES string of the molecule is CN(C)c1cccc(C(=O)C2CCCC2)c1. The predicted octanol–water partition coefficient (Wildman–Crippen LogP) is 3.13. The molecule has 0 aromatic heterocycles. The Morgan fingerprint density at radius 1 is 1.25 bits per heavy atom. The van der Waals surface area contributed by atoms with Crippen molar-refractivity contribution in [2.24, 2.45) is 5.92 Å². The minimum Gasteiger partial charge on any atom is -0.378 e. The summed E-state index contributed by atoms with van der Waals surface area (Å²) < 4.78 is 0. The van der Waals surface area contributed by atoms with Gasteiger partial charge in [-0.2, -0.15) is 0 Å². The number of hydrogen-bond acceptors (Lipinski definition) is 2. The Morgan fingerprint density at radius 2 is 1.94 bits per heavy atom. The summed E-state index contributed by atoms with van der Waals surface area (Å²) >= 11 is 0. The predicted molar refractivity (Wildman–Crippen MR) is 67.1 cm³/mol. The van der Waals surface area contributed by atoms with Crippen molar-refractivity contribution in [3.63, 3.8) is 0 Å². The van der Waals surface area contributed by atoms with Crippen molar-refractivity contribution in [3.8, 4) is 0 Å². The van der Waals surface area contributed by atoms with Gasteiger partial charge >= 0.3 is 0 Å². The van der Waals surface area contributed by atoms with E-state index < -0.39 is 0 Å². The van der Waals surface area contributed by atoms with E-state index >= 15 is 0 Å². The standard InChI is InChI=1S/C14H19NO/c1-15(2)13-9-5-8-12(10-13)14(16)11-6-3-4-7-11/h5,8-11H,3-4,6-7H2,1-2H3. The van der Waals surface area contributed by atoms with Crippen molar-refractivity contribution in [2.45, 2.75) is 25.7 Å². The van der Waals surface area contributed by atoms with E-state index in [2.05, 4.69) is 0 Å². The van der Waals surface area contributed by atoms with E-state index in [0.717, 1.165) is 24.1 Å². The topological polar surface area (TPSA) is 20.3 Å². The second-order valence-electron chi connectivity index (χ2n) is 4.79. The molecule has 86 valence electrons. The summed E-state index contributed by atoms with van der Waals surface area (Å²) in [4.78, 5) is 14.2. The molecule has 2 rings (SSSR count). The number of Topliss-reactive ketones (excluding diaryl/α,β-unsaturated/α-hetero) is 1. The van der Waals surface area contributed by atoms with Crippen LogP contribution >= 0.6 is 0 Å². The molecular weight excluding hydrogens is 198 g/mol. The molecule has 1 aliphatic carbocycles. The van der Waals surface area contributed by atoms with Gasteiger partial charge in [-0.15, -0.1) is 0 Å². The van der Waals surface area contributed by atoms with Crippen LogP contribution in [-0.2, 0) is 0 Å². The maximum Gasteiger partial charge on any atom is 0.166 e. The molecule has 1 aromatic rings. The van der Waals surface area contributed by atoms with Gasteiger partial charge in [-0.3, -0.25) is 4.79 Å². The smallest absolute Gasteiger partial charge is 0.166 e. The molecule has 1 aromatic carbocycles. The van der Waals surface area contributed by atoms with E-state index in [0.29, 0.717) is 5.78 Å². The molecule has 0 N–H and O–H groups in total. The van der Waals surface area contributed by atoms with Gasteiger partial charge in [0.05, 0.1) is 0 Å². The third-order valence-electron chi connectivity index (χ3n) is 3.37. The Labute approximate surface area is 97.3 Å². The Kier molecular flexibility index (Phi) is 3.28. The summed E-state index contributed by atoms with van der Waals surface area (Å²) in [7, 11) is 4.00. The van der Waals surface area contributed by atoms with Gasteiger partial charge in [0.2, 0.25) is 0 Å². The molecule has 1 fully saturated rings. The van der Waals surface area contributed by atoms with Crippen LogP contribution in [0.4, 0.5) is 5.69 Å². The van der Waals surface area contributed by atoms with E-state index in [9.17, 15) is 4.79 Å². The molecule has 0 atom stereocenters. The number of nitrogens with zero attached hydrogens (tertiary/aromatic N) is 1. The van der Waals surface area contributed by atoms with Crippen LogP contribution in [0.1, 0.15) is 36.0 Å². The van der Waals surface area contributed by atoms with Crippen molar-refractivity contribution in [1.29, 1.82) is 0 Å². The number of hydrogen-bond donors (Lipinski definition) is 0. The molecule has 1 aliphatic rings. The van der Waals surface area contributed by atoms with Crippen LogP contribution in [0.25, 0.3) is 0 Å². The first-order chi connectivity index (χ1) is 7.68. The molecular formula is C14H19NO. The van der Waals surface area contributed by atoms with Gasteiger partial charge in [-0.05, 0) is 25.0 Å². The van der Waals surface area contributed by atoms with Gasteiger partial charge in [0.1, 0.15) is 0 Å². The lowest BCUT2D eigenvalue weighted by Gasteiger charge is -2.14. The highest BCUT2D eigenvalue weighted by atomic mass is 16.1. The van der Waals surface area contributed by atoms with E-state index in [-0.39, 0.29) is 5.92 Å². The lowest BCUT2D eigenvalue weighted by molar-refractivity contribution is 0.0923. The van der Waals surface area contributed by atoms with Crippen LogP contribution in [-0.4, -0.2) is 19.9 Å². The first kappa shape index (κ1) is 11.2. The second-order valence-corrected chi connectivity index (χ2v) is 4.79. The average Bonchev–Trinajstić information content (AvgIpc) is 2.81. The Morgan fingerprint density at radius 3 is 2.56 bits per heavy atom. The zero-order valence-electron chi connectivity index (χ0n) is 10.1. The first-order valence-electron chi connectivity index (χ1n) is 6.00. The van der Waals surface area contributed by atoms with Crippen molar-refractivity contribution in [3.05, 3.63) is 29.8 Å². The Hall–Kier alpha value is -1.31. The van der Waals surface area contributed by atoms with E-state index in [1.165, 1.54) is 12.8 Å². The van der Waals surface area contributed by atoms with E-state index in [1.54, 1.807) is 0 Å². The summed E-state index contributed by atoms with van der Waals surface area (Å²) in [6, 6.07) is 7.94. The van der Waals surface area contributed by atoms with Crippen molar-refractivity contribution >= 4 is 11.5 Å². The van der Waals surface area contributed by atoms with Crippen LogP contribution in [0.15, 0.2) is 24.3 Å². The molecule has 1 saturated carbocycles. The number of ketones is 1. The van der Waals surface area contributed by atoms with Gasteiger partial charge in [0.15, 0.2) is 5.78 Å². The van der Waals surface area contributed by atoms with Crippen LogP contribution in [0.3, 0.4) is 0 Å². The highest BCUT2D eigenvalue weighted by molar-refractivity contribution is 5.98. The quantitative estimate of drug-likeness (QED) is 0.725. The van der Waals surface area contributed by atoms with E-state index in [1.807, 2.05) is 43.3 Å². The molecule has 0 aliphatic heterocycles. The van der Waals surface area contributed by atoms with Crippen LogP contribution in [0.5, 0.6) is 0 Å². The van der Waals surface area contributed by atoms with Gasteiger partial charge in [-0.25, -0.2) is 0 Å². The van der Waals surface area contributed by atoms with E-state index in [4.69, 9.17) is 0 Å². The lowest BCUT2D eigenvalue weighted by Crippen LogP contribution is -2.13. The summed E-state index contributed by atoms with van der Waals surface area (Å²) in [6.07, 6.45) is 4.57. The number of rotatable bonds is 3. The molecule has 2 nitrogen and oxygen atoms in total. The Balaban J connectivity index is 2.19. The largest absolute Gasteiger partial charge is 0.378 e. The number of benzene rings is 1. The fourth-order valence-corrected chi connectivity index (χ4v) is 2.36. The summed E-state index contributed by atoms with van der Waals surface area (Å²) in [5, 5.41) is 0. The van der Waals surface area contributed by atoms with Crippen molar-refractivity contribution in [1.82, 2.24) is 0 Å². The highest BCUT2D eigenvalue weighted by Gasteiger charge is 2.23. The molecule has 0 unspecified atom stereocenters. The first-order valence-corrected chi connectivity index (χ1v) is 6.00. The zero-order chi connectivity index (χ0) is 11.5. The average molecular weight is 217 g/mol.